The molecule has 0 N–H and O–H groups in total. The van der Waals surface area contributed by atoms with Crippen molar-refractivity contribution < 1.29 is 0 Å². The molecule has 0 fully saturated rings. The zero-order valence-electron chi connectivity index (χ0n) is 6.88. The van der Waals surface area contributed by atoms with Gasteiger partial charge >= 0.3 is 0 Å². The molecule has 0 amide bonds. The van der Waals surface area contributed by atoms with Crippen LogP contribution in [0.5, 0.6) is 0 Å². The van der Waals surface area contributed by atoms with Crippen LogP contribution in [0.15, 0.2) is 37.0 Å². The van der Waals surface area contributed by atoms with Crippen LogP contribution in [-0.2, 0) is 0 Å². The van der Waals surface area contributed by atoms with Crippen molar-refractivity contribution in [3.63, 3.8) is 0 Å². The largest absolute Gasteiger partial charge is 0.192 e. The fourth-order valence-electron chi connectivity index (χ4n) is 0.658. The van der Waals surface area contributed by atoms with Crippen LogP contribution in [0.25, 0.3) is 0 Å². The Bertz CT molecular complexity index is 205. The minimum absolute atomic E-state index is 0.361. The number of nitrogens with zero attached hydrogens (tertiary/aromatic N) is 1. The van der Waals surface area contributed by atoms with E-state index < -0.39 is 0 Å². The van der Waals surface area contributed by atoms with Crippen molar-refractivity contribution in [1.82, 2.24) is 0 Å². The molecule has 0 aromatic carbocycles. The molecule has 0 radical (unpaired) electrons. The second-order valence-corrected chi connectivity index (χ2v) is 2.30. The van der Waals surface area contributed by atoms with E-state index in [0.29, 0.717) is 11.5 Å². The van der Waals surface area contributed by atoms with Crippen LogP contribution < -0.4 is 0 Å². The topological polar surface area (TPSA) is 23.8 Å². The molecule has 11 heavy (non-hydrogen) atoms. The minimum atomic E-state index is 0.361. The van der Waals surface area contributed by atoms with Gasteiger partial charge in [0.1, 0.15) is 0 Å². The average molecular weight is 147 g/mol. The van der Waals surface area contributed by atoms with E-state index in [0.717, 1.165) is 6.42 Å². The van der Waals surface area contributed by atoms with Crippen LogP contribution in [0.2, 0.25) is 0 Å². The summed E-state index contributed by atoms with van der Waals surface area (Å²) in [4.78, 5) is 0. The molecule has 1 heteroatoms. The Labute approximate surface area is 68.3 Å². The van der Waals surface area contributed by atoms with Gasteiger partial charge in [0.25, 0.3) is 0 Å². The van der Waals surface area contributed by atoms with Gasteiger partial charge in [-0.15, -0.1) is 6.58 Å². The first-order chi connectivity index (χ1) is 5.24. The van der Waals surface area contributed by atoms with Gasteiger partial charge in [0.05, 0.1) is 6.07 Å². The molecular formula is C10H13N. The molecule has 0 bridgehead atoms. The maximum atomic E-state index is 8.37. The summed E-state index contributed by atoms with van der Waals surface area (Å²) in [6.45, 7) is 9.28. The van der Waals surface area contributed by atoms with Crippen molar-refractivity contribution in [2.24, 2.45) is 5.92 Å². The van der Waals surface area contributed by atoms with Crippen LogP contribution in [0.4, 0.5) is 0 Å². The molecule has 0 aliphatic heterocycles. The highest BCUT2D eigenvalue weighted by Crippen LogP contribution is 2.06. The first-order valence-electron chi connectivity index (χ1n) is 3.64. The zero-order chi connectivity index (χ0) is 8.69. The Balaban J connectivity index is 4.01. The van der Waals surface area contributed by atoms with Gasteiger partial charge in [-0.05, 0) is 18.4 Å². The van der Waals surface area contributed by atoms with Crippen LogP contribution in [0, 0.1) is 17.2 Å². The Kier molecular flexibility index (Phi) is 4.85. The van der Waals surface area contributed by atoms with Gasteiger partial charge in [0.2, 0.25) is 0 Å². The van der Waals surface area contributed by atoms with Gasteiger partial charge in [-0.25, -0.2) is 0 Å². The predicted molar refractivity (Wildman–Crippen MR) is 47.9 cm³/mol. The van der Waals surface area contributed by atoms with Crippen molar-refractivity contribution in [3.8, 4) is 6.07 Å². The number of hydrogen-bond acceptors (Lipinski definition) is 1. The van der Waals surface area contributed by atoms with E-state index in [-0.39, 0.29) is 0 Å². The number of rotatable bonds is 4. The third kappa shape index (κ3) is 4.16. The molecule has 0 saturated heterocycles. The maximum absolute atomic E-state index is 8.37. The van der Waals surface area contributed by atoms with Gasteiger partial charge in [0.15, 0.2) is 0 Å². The second kappa shape index (κ2) is 5.49. The van der Waals surface area contributed by atoms with Crippen molar-refractivity contribution >= 4 is 0 Å². The van der Waals surface area contributed by atoms with E-state index >= 15 is 0 Å². The summed E-state index contributed by atoms with van der Waals surface area (Å²) >= 11 is 0. The number of hydrogen-bond donors (Lipinski definition) is 0. The Morgan fingerprint density at radius 3 is 2.73 bits per heavy atom. The molecule has 0 rings (SSSR count). The fourth-order valence-corrected chi connectivity index (χ4v) is 0.658. The lowest BCUT2D eigenvalue weighted by Crippen LogP contribution is -1.86. The number of nitriles is 1. The molecule has 1 nitrogen and oxygen atoms in total. The van der Waals surface area contributed by atoms with Crippen LogP contribution in [0.3, 0.4) is 0 Å². The van der Waals surface area contributed by atoms with Crippen LogP contribution in [-0.4, -0.2) is 0 Å². The molecule has 1 unspecified atom stereocenters. The molecule has 58 valence electrons. The predicted octanol–water partition coefficient (Wildman–Crippen LogP) is 2.83. The first kappa shape index (κ1) is 9.71. The third-order valence-electron chi connectivity index (χ3n) is 1.46. The Morgan fingerprint density at radius 1 is 1.73 bits per heavy atom. The van der Waals surface area contributed by atoms with Gasteiger partial charge in [-0.1, -0.05) is 25.7 Å². The normalized spacial score (nSPS) is 12.4. The maximum Gasteiger partial charge on any atom is 0.0985 e. The summed E-state index contributed by atoms with van der Waals surface area (Å²) in [5.74, 6) is 0.361. The molecule has 0 aromatic rings. The van der Waals surface area contributed by atoms with E-state index in [2.05, 4.69) is 20.1 Å². The summed E-state index contributed by atoms with van der Waals surface area (Å²) < 4.78 is 0. The molecule has 0 aliphatic carbocycles. The van der Waals surface area contributed by atoms with E-state index in [1.165, 1.54) is 0 Å². The minimum Gasteiger partial charge on any atom is -0.192 e. The smallest absolute Gasteiger partial charge is 0.0985 e. The molecule has 0 saturated carbocycles. The standard InChI is InChI=1S/C10H13N/c1-4-10(5-2)7-6-9(3)8-11/h4,6-7,10H,1,3,5H2,2H3/b7-6-. The van der Waals surface area contributed by atoms with Crippen molar-refractivity contribution in [1.29, 1.82) is 5.26 Å². The SMILES string of the molecule is C=CC(/C=C\C(=C)C#N)CC. The second-order valence-electron chi connectivity index (χ2n) is 2.30. The van der Waals surface area contributed by atoms with E-state index in [4.69, 9.17) is 5.26 Å². The summed E-state index contributed by atoms with van der Waals surface area (Å²) in [5, 5.41) is 8.37. The van der Waals surface area contributed by atoms with E-state index in [1.807, 2.05) is 18.2 Å². The lowest BCUT2D eigenvalue weighted by atomic mass is 10.1. The van der Waals surface area contributed by atoms with Gasteiger partial charge in [-0.3, -0.25) is 0 Å². The third-order valence-corrected chi connectivity index (χ3v) is 1.46. The highest BCUT2D eigenvalue weighted by atomic mass is 14.2. The van der Waals surface area contributed by atoms with Crippen LogP contribution in [0.1, 0.15) is 13.3 Å². The van der Waals surface area contributed by atoms with Crippen molar-refractivity contribution in [3.05, 3.63) is 37.0 Å². The van der Waals surface area contributed by atoms with Gasteiger partial charge in [-0.2, -0.15) is 5.26 Å². The van der Waals surface area contributed by atoms with Crippen molar-refractivity contribution in [2.45, 2.75) is 13.3 Å². The van der Waals surface area contributed by atoms with Crippen molar-refractivity contribution in [2.75, 3.05) is 0 Å². The highest BCUT2D eigenvalue weighted by Gasteiger charge is 1.92. The average Bonchev–Trinajstić information content (AvgIpc) is 2.06. The summed E-state index contributed by atoms with van der Waals surface area (Å²) in [6.07, 6.45) is 6.55. The lowest BCUT2D eigenvalue weighted by molar-refractivity contribution is 0.776. The van der Waals surface area contributed by atoms with Crippen LogP contribution >= 0.6 is 0 Å². The molecule has 1 atom stereocenters. The van der Waals surface area contributed by atoms with Gasteiger partial charge < -0.3 is 0 Å². The first-order valence-corrected chi connectivity index (χ1v) is 3.64. The van der Waals surface area contributed by atoms with E-state index in [9.17, 15) is 0 Å². The fraction of sp³-hybridized carbons (Fsp3) is 0.300. The summed E-state index contributed by atoms with van der Waals surface area (Å²) in [7, 11) is 0. The lowest BCUT2D eigenvalue weighted by Gasteiger charge is -1.99. The Hall–Kier alpha value is -1.29. The quantitative estimate of drug-likeness (QED) is 0.341. The molecule has 0 aromatic heterocycles. The molecule has 0 spiro atoms. The highest BCUT2D eigenvalue weighted by molar-refractivity contribution is 5.29. The zero-order valence-corrected chi connectivity index (χ0v) is 6.88. The monoisotopic (exact) mass is 147 g/mol. The molecule has 0 aliphatic rings. The van der Waals surface area contributed by atoms with Gasteiger partial charge in [0, 0.05) is 5.57 Å². The van der Waals surface area contributed by atoms with E-state index in [1.54, 1.807) is 6.08 Å². The molecular weight excluding hydrogens is 134 g/mol. The Morgan fingerprint density at radius 2 is 2.36 bits per heavy atom. The number of allylic oxidation sites excluding steroid dienone is 4. The molecule has 0 heterocycles. The summed E-state index contributed by atoms with van der Waals surface area (Å²) in [5.41, 5.74) is 0.491. The summed E-state index contributed by atoms with van der Waals surface area (Å²) in [6, 6.07) is 1.95.